The number of unbranched alkanes of at least 4 members (excludes halogenated alkanes) is 5. The first-order valence-electron chi connectivity index (χ1n) is 8.67. The fraction of sp³-hybridized carbons (Fsp3) is 0.684. The maximum absolute atomic E-state index is 3.73. The Kier molecular flexibility index (Phi) is 7.14. The van der Waals surface area contributed by atoms with Crippen molar-refractivity contribution in [2.75, 3.05) is 6.54 Å². The Labute approximate surface area is 125 Å². The van der Waals surface area contributed by atoms with Gasteiger partial charge in [0.15, 0.2) is 0 Å². The fourth-order valence-corrected chi connectivity index (χ4v) is 3.47. The van der Waals surface area contributed by atoms with Crippen LogP contribution >= 0.6 is 0 Å². The minimum absolute atomic E-state index is 0.765. The third-order valence-corrected chi connectivity index (χ3v) is 4.70. The molecule has 0 amide bonds. The zero-order valence-electron chi connectivity index (χ0n) is 13.1. The number of nitrogens with one attached hydrogen (secondary N) is 1. The molecule has 1 N–H and O–H groups in total. The van der Waals surface area contributed by atoms with Gasteiger partial charge in [-0.2, -0.15) is 0 Å². The van der Waals surface area contributed by atoms with E-state index in [1.165, 1.54) is 69.9 Å². The van der Waals surface area contributed by atoms with Gasteiger partial charge < -0.3 is 5.32 Å². The average Bonchev–Trinajstić information content (AvgIpc) is 2.91. The molecule has 1 heteroatoms. The molecule has 1 fully saturated rings. The first-order chi connectivity index (χ1) is 9.90. The van der Waals surface area contributed by atoms with Gasteiger partial charge in [-0.25, -0.2) is 0 Å². The van der Waals surface area contributed by atoms with Crippen LogP contribution in [0.15, 0.2) is 30.3 Å². The Morgan fingerprint density at radius 2 is 1.75 bits per heavy atom. The van der Waals surface area contributed by atoms with Crippen molar-refractivity contribution in [1.29, 1.82) is 0 Å². The van der Waals surface area contributed by atoms with Crippen LogP contribution in [0.5, 0.6) is 0 Å². The predicted molar refractivity (Wildman–Crippen MR) is 88.0 cm³/mol. The highest BCUT2D eigenvalue weighted by Crippen LogP contribution is 2.24. The summed E-state index contributed by atoms with van der Waals surface area (Å²) in [6.45, 7) is 3.51. The maximum atomic E-state index is 3.73. The molecular weight excluding hydrogens is 242 g/mol. The van der Waals surface area contributed by atoms with E-state index in [0.29, 0.717) is 0 Å². The summed E-state index contributed by atoms with van der Waals surface area (Å²) in [5.74, 6) is 0.855. The van der Waals surface area contributed by atoms with Crippen LogP contribution in [0, 0.1) is 5.92 Å². The van der Waals surface area contributed by atoms with E-state index in [1.807, 2.05) is 0 Å². The van der Waals surface area contributed by atoms with Crippen LogP contribution in [0.4, 0.5) is 0 Å². The molecule has 0 radical (unpaired) electrons. The monoisotopic (exact) mass is 273 g/mol. The minimum atomic E-state index is 0.765. The Morgan fingerprint density at radius 1 is 1.00 bits per heavy atom. The van der Waals surface area contributed by atoms with E-state index in [0.717, 1.165) is 12.0 Å². The summed E-state index contributed by atoms with van der Waals surface area (Å²) < 4.78 is 0. The third-order valence-electron chi connectivity index (χ3n) is 4.70. The van der Waals surface area contributed by atoms with E-state index in [-0.39, 0.29) is 0 Å². The topological polar surface area (TPSA) is 12.0 Å². The van der Waals surface area contributed by atoms with Gasteiger partial charge in [-0.1, -0.05) is 75.8 Å². The van der Waals surface area contributed by atoms with Crippen LogP contribution in [0.2, 0.25) is 0 Å². The predicted octanol–water partition coefficient (Wildman–Crippen LogP) is 4.96. The molecule has 0 aliphatic carbocycles. The van der Waals surface area contributed by atoms with E-state index in [9.17, 15) is 0 Å². The van der Waals surface area contributed by atoms with Crippen LogP contribution in [0.3, 0.4) is 0 Å². The molecule has 1 nitrogen and oxygen atoms in total. The summed E-state index contributed by atoms with van der Waals surface area (Å²) in [6, 6.07) is 11.8. The van der Waals surface area contributed by atoms with Gasteiger partial charge in [0, 0.05) is 6.04 Å². The number of hydrogen-bond donors (Lipinski definition) is 1. The molecule has 1 heterocycles. The van der Waals surface area contributed by atoms with Crippen molar-refractivity contribution in [3.8, 4) is 0 Å². The first kappa shape index (κ1) is 15.6. The zero-order valence-corrected chi connectivity index (χ0v) is 13.1. The summed E-state index contributed by atoms with van der Waals surface area (Å²) in [5, 5.41) is 3.73. The molecule has 1 saturated heterocycles. The van der Waals surface area contributed by atoms with Crippen molar-refractivity contribution >= 4 is 0 Å². The molecule has 0 spiro atoms. The Bertz CT molecular complexity index is 346. The second kappa shape index (κ2) is 9.18. The highest BCUT2D eigenvalue weighted by atomic mass is 14.9. The van der Waals surface area contributed by atoms with Gasteiger partial charge in [-0.05, 0) is 37.3 Å². The zero-order chi connectivity index (χ0) is 14.0. The average molecular weight is 273 g/mol. The second-order valence-electron chi connectivity index (χ2n) is 6.36. The molecule has 2 unspecified atom stereocenters. The molecule has 2 rings (SSSR count). The molecule has 0 bridgehead atoms. The largest absolute Gasteiger partial charge is 0.314 e. The Morgan fingerprint density at radius 3 is 2.55 bits per heavy atom. The number of hydrogen-bond acceptors (Lipinski definition) is 1. The lowest BCUT2D eigenvalue weighted by Crippen LogP contribution is -2.27. The summed E-state index contributed by atoms with van der Waals surface area (Å²) in [4.78, 5) is 0. The van der Waals surface area contributed by atoms with E-state index in [2.05, 4.69) is 42.6 Å². The quantitative estimate of drug-likeness (QED) is 0.627. The summed E-state index contributed by atoms with van der Waals surface area (Å²) >= 11 is 0. The van der Waals surface area contributed by atoms with Crippen molar-refractivity contribution in [2.45, 2.75) is 70.8 Å². The van der Waals surface area contributed by atoms with Crippen molar-refractivity contribution in [2.24, 2.45) is 5.92 Å². The van der Waals surface area contributed by atoms with Crippen LogP contribution < -0.4 is 5.32 Å². The molecule has 20 heavy (non-hydrogen) atoms. The van der Waals surface area contributed by atoms with Gasteiger partial charge in [0.2, 0.25) is 0 Å². The number of rotatable bonds is 9. The Hall–Kier alpha value is -0.820. The van der Waals surface area contributed by atoms with E-state index < -0.39 is 0 Å². The first-order valence-corrected chi connectivity index (χ1v) is 8.67. The van der Waals surface area contributed by atoms with E-state index in [4.69, 9.17) is 0 Å². The normalized spacial score (nSPS) is 22.2. The highest BCUT2D eigenvalue weighted by Gasteiger charge is 2.26. The van der Waals surface area contributed by atoms with Crippen molar-refractivity contribution in [1.82, 2.24) is 5.32 Å². The lowest BCUT2D eigenvalue weighted by Gasteiger charge is -2.19. The Balaban J connectivity index is 1.66. The van der Waals surface area contributed by atoms with Crippen LogP contribution in [-0.4, -0.2) is 12.6 Å². The van der Waals surface area contributed by atoms with Crippen LogP contribution in [0.1, 0.15) is 63.9 Å². The van der Waals surface area contributed by atoms with Gasteiger partial charge >= 0.3 is 0 Å². The summed E-state index contributed by atoms with van der Waals surface area (Å²) in [7, 11) is 0. The molecule has 1 aromatic carbocycles. The molecule has 1 aromatic rings. The second-order valence-corrected chi connectivity index (χ2v) is 6.36. The van der Waals surface area contributed by atoms with Gasteiger partial charge in [0.1, 0.15) is 0 Å². The van der Waals surface area contributed by atoms with E-state index in [1.54, 1.807) is 0 Å². The molecule has 2 atom stereocenters. The lowest BCUT2D eigenvalue weighted by molar-refractivity contribution is 0.403. The van der Waals surface area contributed by atoms with Gasteiger partial charge in [0.25, 0.3) is 0 Å². The minimum Gasteiger partial charge on any atom is -0.314 e. The fourth-order valence-electron chi connectivity index (χ4n) is 3.47. The van der Waals surface area contributed by atoms with Crippen molar-refractivity contribution in [3.05, 3.63) is 35.9 Å². The molecule has 112 valence electrons. The highest BCUT2D eigenvalue weighted by molar-refractivity contribution is 5.16. The van der Waals surface area contributed by atoms with Gasteiger partial charge in [-0.15, -0.1) is 0 Å². The van der Waals surface area contributed by atoms with Crippen LogP contribution in [-0.2, 0) is 6.42 Å². The summed E-state index contributed by atoms with van der Waals surface area (Å²) in [5.41, 5.74) is 1.51. The van der Waals surface area contributed by atoms with Gasteiger partial charge in [-0.3, -0.25) is 0 Å². The lowest BCUT2D eigenvalue weighted by atomic mass is 9.89. The van der Waals surface area contributed by atoms with Crippen LogP contribution in [0.25, 0.3) is 0 Å². The molecule has 1 aliphatic rings. The third kappa shape index (κ3) is 5.28. The summed E-state index contributed by atoms with van der Waals surface area (Å²) in [6.07, 6.45) is 12.5. The standard InChI is InChI=1S/C19H31N/c1-2-3-4-5-6-10-13-19-18(14-15-20-19)16-17-11-8-7-9-12-17/h7-9,11-12,18-20H,2-6,10,13-16H2,1H3. The van der Waals surface area contributed by atoms with E-state index >= 15 is 0 Å². The molecular formula is C19H31N. The molecule has 1 aliphatic heterocycles. The molecule has 0 saturated carbocycles. The van der Waals surface area contributed by atoms with Crippen molar-refractivity contribution in [3.63, 3.8) is 0 Å². The van der Waals surface area contributed by atoms with Gasteiger partial charge in [0.05, 0.1) is 0 Å². The van der Waals surface area contributed by atoms with Crippen molar-refractivity contribution < 1.29 is 0 Å². The maximum Gasteiger partial charge on any atom is 0.00989 e. The number of benzene rings is 1. The molecule has 0 aromatic heterocycles. The SMILES string of the molecule is CCCCCCCCC1NCCC1Cc1ccccc1. The smallest absolute Gasteiger partial charge is 0.00989 e.